The van der Waals surface area contributed by atoms with E-state index in [0.717, 1.165) is 5.56 Å². The lowest BCUT2D eigenvalue weighted by Gasteiger charge is -1.86. The molecule has 1 aromatic rings. The number of nitriles is 1. The van der Waals surface area contributed by atoms with Gasteiger partial charge in [0.1, 0.15) is 0 Å². The van der Waals surface area contributed by atoms with Gasteiger partial charge in [-0.15, -0.1) is 0 Å². The van der Waals surface area contributed by atoms with Crippen LogP contribution in [-0.2, 0) is 0 Å². The standard InChI is InChI=1S/C7H5N2/c8-4-1-7-2-5-9-6-3-7/h1-3,5-6H. The Morgan fingerprint density at radius 1 is 1.44 bits per heavy atom. The van der Waals surface area contributed by atoms with Crippen molar-refractivity contribution >= 4 is 0 Å². The van der Waals surface area contributed by atoms with E-state index in [1.807, 2.05) is 6.07 Å². The highest BCUT2D eigenvalue weighted by molar-refractivity contribution is 5.25. The molecule has 1 heterocycles. The first kappa shape index (κ1) is 5.77. The molecule has 1 rings (SSSR count). The number of hydrogen-bond acceptors (Lipinski definition) is 2. The van der Waals surface area contributed by atoms with E-state index >= 15 is 0 Å². The highest BCUT2D eigenvalue weighted by atomic mass is 14.6. The van der Waals surface area contributed by atoms with Crippen molar-refractivity contribution in [3.8, 4) is 6.07 Å². The molecule has 0 amide bonds. The molecule has 0 unspecified atom stereocenters. The fourth-order valence-electron chi connectivity index (χ4n) is 0.534. The first-order valence-electron chi connectivity index (χ1n) is 2.56. The Labute approximate surface area is 53.8 Å². The summed E-state index contributed by atoms with van der Waals surface area (Å²) in [6, 6.07) is 5.49. The predicted octanol–water partition coefficient (Wildman–Crippen LogP) is 1.16. The van der Waals surface area contributed by atoms with Crippen LogP contribution >= 0.6 is 0 Å². The molecule has 0 aliphatic heterocycles. The number of rotatable bonds is 1. The van der Waals surface area contributed by atoms with Crippen molar-refractivity contribution in [2.75, 3.05) is 0 Å². The maximum atomic E-state index is 8.19. The van der Waals surface area contributed by atoms with Gasteiger partial charge in [0.05, 0.1) is 12.5 Å². The van der Waals surface area contributed by atoms with E-state index in [1.54, 1.807) is 24.5 Å². The molecule has 0 aromatic carbocycles. The third-order valence-electron chi connectivity index (χ3n) is 0.937. The van der Waals surface area contributed by atoms with Crippen LogP contribution in [0, 0.1) is 17.8 Å². The smallest absolute Gasteiger partial charge is 0.0913 e. The van der Waals surface area contributed by atoms with Crippen LogP contribution in [0.4, 0.5) is 0 Å². The second-order valence-corrected chi connectivity index (χ2v) is 1.55. The summed E-state index contributed by atoms with van der Waals surface area (Å²) in [5.74, 6) is 0. The second-order valence-electron chi connectivity index (χ2n) is 1.55. The summed E-state index contributed by atoms with van der Waals surface area (Å²) >= 11 is 0. The Kier molecular flexibility index (Phi) is 1.81. The zero-order valence-corrected chi connectivity index (χ0v) is 4.78. The summed E-state index contributed by atoms with van der Waals surface area (Å²) in [6.07, 6.45) is 4.79. The van der Waals surface area contributed by atoms with Crippen molar-refractivity contribution in [3.05, 3.63) is 36.5 Å². The van der Waals surface area contributed by atoms with Crippen molar-refractivity contribution in [1.29, 1.82) is 5.26 Å². The molecule has 0 N–H and O–H groups in total. The zero-order chi connectivity index (χ0) is 6.53. The summed E-state index contributed by atoms with van der Waals surface area (Å²) in [5.41, 5.74) is 0.896. The molecule has 43 valence electrons. The van der Waals surface area contributed by atoms with E-state index in [-0.39, 0.29) is 0 Å². The molecule has 0 spiro atoms. The molecule has 2 nitrogen and oxygen atoms in total. The van der Waals surface area contributed by atoms with E-state index in [4.69, 9.17) is 5.26 Å². The zero-order valence-electron chi connectivity index (χ0n) is 4.78. The number of nitrogens with zero attached hydrogens (tertiary/aromatic N) is 2. The van der Waals surface area contributed by atoms with Gasteiger partial charge in [-0.1, -0.05) is 0 Å². The van der Waals surface area contributed by atoms with Gasteiger partial charge in [-0.05, 0) is 17.7 Å². The van der Waals surface area contributed by atoms with Crippen LogP contribution in [0.15, 0.2) is 24.5 Å². The fourth-order valence-corrected chi connectivity index (χ4v) is 0.534. The van der Waals surface area contributed by atoms with Gasteiger partial charge >= 0.3 is 0 Å². The number of aromatic nitrogens is 1. The first-order chi connectivity index (χ1) is 4.43. The van der Waals surface area contributed by atoms with Crippen LogP contribution < -0.4 is 0 Å². The van der Waals surface area contributed by atoms with Gasteiger partial charge in [-0.3, -0.25) is 4.98 Å². The fraction of sp³-hybridized carbons (Fsp3) is 0. The first-order valence-corrected chi connectivity index (χ1v) is 2.56. The van der Waals surface area contributed by atoms with E-state index in [1.165, 1.54) is 6.42 Å². The third kappa shape index (κ3) is 1.54. The molecule has 0 saturated heterocycles. The molecule has 9 heavy (non-hydrogen) atoms. The van der Waals surface area contributed by atoms with Gasteiger partial charge in [0.15, 0.2) is 0 Å². The lowest BCUT2D eigenvalue weighted by Crippen LogP contribution is -1.76. The summed E-state index contributed by atoms with van der Waals surface area (Å²) < 4.78 is 0. The molecule has 0 aliphatic rings. The van der Waals surface area contributed by atoms with Gasteiger partial charge in [0.2, 0.25) is 0 Å². The molecule has 1 aromatic heterocycles. The van der Waals surface area contributed by atoms with Gasteiger partial charge < -0.3 is 0 Å². The average molecular weight is 117 g/mol. The Hall–Kier alpha value is -1.36. The van der Waals surface area contributed by atoms with E-state index in [9.17, 15) is 0 Å². The van der Waals surface area contributed by atoms with Crippen molar-refractivity contribution in [1.82, 2.24) is 4.98 Å². The van der Waals surface area contributed by atoms with E-state index < -0.39 is 0 Å². The maximum Gasteiger partial charge on any atom is 0.0913 e. The Balaban J connectivity index is 2.76. The van der Waals surface area contributed by atoms with Gasteiger partial charge in [0, 0.05) is 12.4 Å². The van der Waals surface area contributed by atoms with Crippen LogP contribution in [0.3, 0.4) is 0 Å². The topological polar surface area (TPSA) is 36.7 Å². The summed E-state index contributed by atoms with van der Waals surface area (Å²) in [4.78, 5) is 3.80. The molecule has 1 radical (unpaired) electrons. The summed E-state index contributed by atoms with van der Waals surface area (Å²) in [6.45, 7) is 0. The van der Waals surface area contributed by atoms with Gasteiger partial charge in [-0.25, -0.2) is 0 Å². The van der Waals surface area contributed by atoms with Gasteiger partial charge in [0.25, 0.3) is 0 Å². The highest BCUT2D eigenvalue weighted by Crippen LogP contribution is 1.96. The van der Waals surface area contributed by atoms with Crippen LogP contribution in [0.1, 0.15) is 5.56 Å². The van der Waals surface area contributed by atoms with E-state index in [2.05, 4.69) is 4.98 Å². The number of pyridine rings is 1. The van der Waals surface area contributed by atoms with Crippen LogP contribution in [-0.4, -0.2) is 4.98 Å². The molecule has 0 saturated carbocycles. The molecule has 0 atom stereocenters. The third-order valence-corrected chi connectivity index (χ3v) is 0.937. The molecular weight excluding hydrogens is 112 g/mol. The van der Waals surface area contributed by atoms with E-state index in [0.29, 0.717) is 0 Å². The highest BCUT2D eigenvalue weighted by Gasteiger charge is 1.86. The SMILES string of the molecule is N#C[CH]c1ccncc1. The van der Waals surface area contributed by atoms with Crippen LogP contribution in [0.5, 0.6) is 0 Å². The molecular formula is C7H5N2. The van der Waals surface area contributed by atoms with Crippen LogP contribution in [0.25, 0.3) is 0 Å². The second kappa shape index (κ2) is 2.83. The maximum absolute atomic E-state index is 8.19. The average Bonchev–Trinajstić information content (AvgIpc) is 1.91. The van der Waals surface area contributed by atoms with Crippen LogP contribution in [0.2, 0.25) is 0 Å². The monoisotopic (exact) mass is 117 g/mol. The predicted molar refractivity (Wildman–Crippen MR) is 33.3 cm³/mol. The van der Waals surface area contributed by atoms with Crippen molar-refractivity contribution < 1.29 is 0 Å². The van der Waals surface area contributed by atoms with Crippen molar-refractivity contribution in [2.24, 2.45) is 0 Å². The van der Waals surface area contributed by atoms with Crippen molar-refractivity contribution in [2.45, 2.75) is 0 Å². The molecule has 0 bridgehead atoms. The summed E-state index contributed by atoms with van der Waals surface area (Å²) in [7, 11) is 0. The lowest BCUT2D eigenvalue weighted by atomic mass is 10.2. The largest absolute Gasteiger partial charge is 0.265 e. The molecule has 2 heteroatoms. The molecule has 0 aliphatic carbocycles. The minimum Gasteiger partial charge on any atom is -0.265 e. The minimum atomic E-state index is 0.896. The molecule has 0 fully saturated rings. The quantitative estimate of drug-likeness (QED) is 0.553. The lowest BCUT2D eigenvalue weighted by molar-refractivity contribution is 1.30. The normalized spacial score (nSPS) is 8.33. The Morgan fingerprint density at radius 3 is 2.67 bits per heavy atom. The Bertz CT molecular complexity index is 210. The van der Waals surface area contributed by atoms with Crippen molar-refractivity contribution in [3.63, 3.8) is 0 Å². The minimum absolute atomic E-state index is 0.896. The summed E-state index contributed by atoms with van der Waals surface area (Å²) in [5, 5.41) is 8.19. The van der Waals surface area contributed by atoms with Gasteiger partial charge in [-0.2, -0.15) is 5.26 Å². The Morgan fingerprint density at radius 2 is 2.11 bits per heavy atom. The number of hydrogen-bond donors (Lipinski definition) is 0.